The van der Waals surface area contributed by atoms with Crippen molar-refractivity contribution in [2.45, 2.75) is 27.7 Å². The second kappa shape index (κ2) is 18.2. The summed E-state index contributed by atoms with van der Waals surface area (Å²) < 4.78 is 5.10. The molecular formula is C13H33N3O. The van der Waals surface area contributed by atoms with Crippen LogP contribution in [0.5, 0.6) is 0 Å². The molecule has 0 radical (unpaired) electrons. The van der Waals surface area contributed by atoms with E-state index in [0.717, 1.165) is 52.5 Å². The summed E-state index contributed by atoms with van der Waals surface area (Å²) in [7, 11) is 2.11. The first-order chi connectivity index (χ1) is 8.39. The van der Waals surface area contributed by atoms with Crippen LogP contribution in [0.3, 0.4) is 0 Å². The molecule has 0 spiro atoms. The summed E-state index contributed by atoms with van der Waals surface area (Å²) in [4.78, 5) is 2.27. The van der Waals surface area contributed by atoms with E-state index in [1.54, 1.807) is 0 Å². The Morgan fingerprint density at radius 1 is 0.765 bits per heavy atom. The van der Waals surface area contributed by atoms with Gasteiger partial charge in [-0.1, -0.05) is 27.7 Å². The third-order valence-corrected chi connectivity index (χ3v) is 2.19. The smallest absolute Gasteiger partial charge is 0.0594 e. The molecule has 0 aliphatic carbocycles. The second-order valence-corrected chi connectivity index (χ2v) is 3.42. The summed E-state index contributed by atoms with van der Waals surface area (Å²) in [6.45, 7) is 16.6. The standard InChI is InChI=1S/C5H11NO.C4H10N2.2C2H6/c1-6-2-4-7-5-3-6;1-2-6-4-3-5-1;2*1-2/h2-5H2,1H3;5-6H,1-4H2;2*1-2H3. The molecule has 2 fully saturated rings. The monoisotopic (exact) mass is 247 g/mol. The van der Waals surface area contributed by atoms with Crippen molar-refractivity contribution in [2.24, 2.45) is 0 Å². The Bertz CT molecular complexity index is 102. The lowest BCUT2D eigenvalue weighted by molar-refractivity contribution is 0.0503. The summed E-state index contributed by atoms with van der Waals surface area (Å²) >= 11 is 0. The molecule has 106 valence electrons. The first-order valence-corrected chi connectivity index (χ1v) is 7.07. The van der Waals surface area contributed by atoms with Gasteiger partial charge in [-0.25, -0.2) is 0 Å². The molecule has 0 saturated carbocycles. The molecule has 2 saturated heterocycles. The van der Waals surface area contributed by atoms with Crippen LogP contribution < -0.4 is 10.6 Å². The third kappa shape index (κ3) is 15.8. The van der Waals surface area contributed by atoms with Crippen molar-refractivity contribution in [3.8, 4) is 0 Å². The van der Waals surface area contributed by atoms with Gasteiger partial charge in [-0.3, -0.25) is 0 Å². The third-order valence-electron chi connectivity index (χ3n) is 2.19. The van der Waals surface area contributed by atoms with E-state index in [0.29, 0.717) is 0 Å². The first kappa shape index (κ1) is 19.2. The normalized spacial score (nSPS) is 19.6. The van der Waals surface area contributed by atoms with Gasteiger partial charge in [-0.2, -0.15) is 0 Å². The Hall–Kier alpha value is -0.160. The number of nitrogens with one attached hydrogen (secondary N) is 2. The lowest BCUT2D eigenvalue weighted by Gasteiger charge is -2.21. The fraction of sp³-hybridized carbons (Fsp3) is 1.00. The zero-order valence-corrected chi connectivity index (χ0v) is 12.5. The minimum Gasteiger partial charge on any atom is -0.379 e. The minimum atomic E-state index is 0.913. The number of rotatable bonds is 0. The Morgan fingerprint density at radius 2 is 1.12 bits per heavy atom. The van der Waals surface area contributed by atoms with Crippen molar-refractivity contribution in [2.75, 3.05) is 59.5 Å². The van der Waals surface area contributed by atoms with E-state index in [-0.39, 0.29) is 0 Å². The molecule has 0 aromatic heterocycles. The van der Waals surface area contributed by atoms with E-state index in [1.165, 1.54) is 0 Å². The number of ether oxygens (including phenoxy) is 1. The quantitative estimate of drug-likeness (QED) is 0.674. The maximum absolute atomic E-state index is 5.10. The van der Waals surface area contributed by atoms with Crippen LogP contribution in [0.2, 0.25) is 0 Å². The van der Waals surface area contributed by atoms with E-state index in [2.05, 4.69) is 22.6 Å². The molecule has 2 rings (SSSR count). The first-order valence-electron chi connectivity index (χ1n) is 7.07. The predicted octanol–water partition coefficient (Wildman–Crippen LogP) is 1.18. The van der Waals surface area contributed by atoms with Gasteiger partial charge in [0.15, 0.2) is 0 Å². The largest absolute Gasteiger partial charge is 0.379 e. The molecule has 17 heavy (non-hydrogen) atoms. The average molecular weight is 247 g/mol. The van der Waals surface area contributed by atoms with Crippen LogP contribution in [-0.2, 0) is 4.74 Å². The van der Waals surface area contributed by atoms with Crippen molar-refractivity contribution in [1.29, 1.82) is 0 Å². The number of hydrogen-bond donors (Lipinski definition) is 2. The molecule has 4 heteroatoms. The highest BCUT2D eigenvalue weighted by Gasteiger charge is 2.02. The van der Waals surface area contributed by atoms with E-state index < -0.39 is 0 Å². The highest BCUT2D eigenvalue weighted by Crippen LogP contribution is 1.89. The Morgan fingerprint density at radius 3 is 1.29 bits per heavy atom. The minimum absolute atomic E-state index is 0.913. The van der Waals surface area contributed by atoms with Crippen LogP contribution in [0.25, 0.3) is 0 Å². The summed E-state index contributed by atoms with van der Waals surface area (Å²) in [5, 5.41) is 6.44. The average Bonchev–Trinajstić information content (AvgIpc) is 2.47. The topological polar surface area (TPSA) is 36.5 Å². The summed E-state index contributed by atoms with van der Waals surface area (Å²) in [6, 6.07) is 0. The molecule has 2 aliphatic heterocycles. The van der Waals surface area contributed by atoms with Gasteiger partial charge in [0.1, 0.15) is 0 Å². The molecule has 0 aromatic carbocycles. The van der Waals surface area contributed by atoms with Crippen LogP contribution in [0.1, 0.15) is 27.7 Å². The molecular weight excluding hydrogens is 214 g/mol. The van der Waals surface area contributed by atoms with Gasteiger partial charge < -0.3 is 20.3 Å². The molecule has 0 atom stereocenters. The predicted molar refractivity (Wildman–Crippen MR) is 76.8 cm³/mol. The van der Waals surface area contributed by atoms with Crippen LogP contribution in [-0.4, -0.2) is 64.4 Å². The highest BCUT2D eigenvalue weighted by atomic mass is 16.5. The maximum Gasteiger partial charge on any atom is 0.0594 e. The lowest BCUT2D eigenvalue weighted by Crippen LogP contribution is -2.39. The van der Waals surface area contributed by atoms with Gasteiger partial charge >= 0.3 is 0 Å². The Kier molecular flexibility index (Phi) is 20.6. The van der Waals surface area contributed by atoms with Crippen LogP contribution in [0.15, 0.2) is 0 Å². The SMILES string of the molecule is C1CNCCN1.CC.CC.CN1CCOCC1. The Balaban J connectivity index is 0. The van der Waals surface area contributed by atoms with Crippen molar-refractivity contribution in [3.05, 3.63) is 0 Å². The van der Waals surface area contributed by atoms with Crippen molar-refractivity contribution < 1.29 is 4.74 Å². The van der Waals surface area contributed by atoms with E-state index in [9.17, 15) is 0 Å². The van der Waals surface area contributed by atoms with Crippen molar-refractivity contribution in [1.82, 2.24) is 15.5 Å². The van der Waals surface area contributed by atoms with Gasteiger partial charge in [0.05, 0.1) is 13.2 Å². The Labute approximate surface area is 108 Å². The number of likely N-dealkylation sites (N-methyl/N-ethyl adjacent to an activating group) is 1. The molecule has 0 amide bonds. The fourth-order valence-electron chi connectivity index (χ4n) is 1.26. The zero-order valence-electron chi connectivity index (χ0n) is 12.5. The van der Waals surface area contributed by atoms with Gasteiger partial charge in [0, 0.05) is 39.3 Å². The zero-order chi connectivity index (χ0) is 13.4. The van der Waals surface area contributed by atoms with Gasteiger partial charge in [-0.15, -0.1) is 0 Å². The van der Waals surface area contributed by atoms with Crippen molar-refractivity contribution in [3.63, 3.8) is 0 Å². The number of piperazine rings is 1. The lowest BCUT2D eigenvalue weighted by atomic mass is 10.4. The van der Waals surface area contributed by atoms with Crippen LogP contribution in [0.4, 0.5) is 0 Å². The molecule has 2 heterocycles. The van der Waals surface area contributed by atoms with Gasteiger partial charge in [-0.05, 0) is 7.05 Å². The summed E-state index contributed by atoms with van der Waals surface area (Å²) in [6.07, 6.45) is 0. The van der Waals surface area contributed by atoms with Crippen molar-refractivity contribution >= 4 is 0 Å². The van der Waals surface area contributed by atoms with Crippen LogP contribution in [0, 0.1) is 0 Å². The van der Waals surface area contributed by atoms with E-state index in [4.69, 9.17) is 4.74 Å². The second-order valence-electron chi connectivity index (χ2n) is 3.42. The highest BCUT2D eigenvalue weighted by molar-refractivity contribution is 4.59. The maximum atomic E-state index is 5.10. The van der Waals surface area contributed by atoms with Crippen LogP contribution >= 0.6 is 0 Å². The van der Waals surface area contributed by atoms with Gasteiger partial charge in [0.25, 0.3) is 0 Å². The molecule has 0 bridgehead atoms. The molecule has 0 unspecified atom stereocenters. The van der Waals surface area contributed by atoms with E-state index in [1.807, 2.05) is 27.7 Å². The molecule has 4 nitrogen and oxygen atoms in total. The summed E-state index contributed by atoms with van der Waals surface area (Å²) in [5.74, 6) is 0. The number of nitrogens with zero attached hydrogens (tertiary/aromatic N) is 1. The summed E-state index contributed by atoms with van der Waals surface area (Å²) in [5.41, 5.74) is 0. The van der Waals surface area contributed by atoms with E-state index >= 15 is 0 Å². The molecule has 2 aliphatic rings. The van der Waals surface area contributed by atoms with Gasteiger partial charge in [0.2, 0.25) is 0 Å². The number of morpholine rings is 1. The fourth-order valence-corrected chi connectivity index (χ4v) is 1.26. The molecule has 0 aromatic rings. The molecule has 2 N–H and O–H groups in total. The number of hydrogen-bond acceptors (Lipinski definition) is 4.